The first-order valence-corrected chi connectivity index (χ1v) is 7.61. The summed E-state index contributed by atoms with van der Waals surface area (Å²) >= 11 is 12.4. The fourth-order valence-corrected chi connectivity index (χ4v) is 3.35. The summed E-state index contributed by atoms with van der Waals surface area (Å²) < 4.78 is 1.99. The Bertz CT molecular complexity index is 643. The second-order valence-electron chi connectivity index (χ2n) is 5.35. The van der Waals surface area contributed by atoms with Gasteiger partial charge >= 0.3 is 0 Å². The predicted molar refractivity (Wildman–Crippen MR) is 84.3 cm³/mol. The Morgan fingerprint density at radius 2 is 1.95 bits per heavy atom. The number of imidazole rings is 1. The maximum absolute atomic E-state index is 6.28. The minimum Gasteiger partial charge on any atom is -0.383 e. The lowest BCUT2D eigenvalue weighted by atomic mass is 10.1. The number of anilines is 1. The fourth-order valence-electron chi connectivity index (χ4n) is 2.96. The van der Waals surface area contributed by atoms with Crippen LogP contribution >= 0.6 is 23.2 Å². The van der Waals surface area contributed by atoms with Crippen molar-refractivity contribution >= 4 is 29.0 Å². The van der Waals surface area contributed by atoms with Crippen molar-refractivity contribution in [3.63, 3.8) is 0 Å². The van der Waals surface area contributed by atoms with E-state index in [1.54, 1.807) is 6.07 Å². The number of rotatable bonds is 2. The van der Waals surface area contributed by atoms with Crippen molar-refractivity contribution in [2.24, 2.45) is 7.05 Å². The van der Waals surface area contributed by atoms with Crippen LogP contribution in [0.1, 0.15) is 37.4 Å². The molecule has 106 valence electrons. The van der Waals surface area contributed by atoms with E-state index in [4.69, 9.17) is 33.9 Å². The molecule has 0 bridgehead atoms. The highest BCUT2D eigenvalue weighted by Crippen LogP contribution is 2.39. The highest BCUT2D eigenvalue weighted by molar-refractivity contribution is 6.43. The number of nitrogen functional groups attached to an aromatic ring is 1. The molecule has 0 radical (unpaired) electrons. The zero-order valence-corrected chi connectivity index (χ0v) is 12.9. The molecule has 0 saturated heterocycles. The second-order valence-corrected chi connectivity index (χ2v) is 6.13. The molecule has 3 nitrogen and oxygen atoms in total. The van der Waals surface area contributed by atoms with Gasteiger partial charge in [-0.25, -0.2) is 4.98 Å². The quantitative estimate of drug-likeness (QED) is 0.878. The van der Waals surface area contributed by atoms with Gasteiger partial charge in [0.25, 0.3) is 0 Å². The highest BCUT2D eigenvalue weighted by Gasteiger charge is 2.25. The average molecular weight is 310 g/mol. The summed E-state index contributed by atoms with van der Waals surface area (Å²) in [7, 11) is 1.97. The van der Waals surface area contributed by atoms with E-state index < -0.39 is 0 Å². The van der Waals surface area contributed by atoms with E-state index in [-0.39, 0.29) is 0 Å². The first kappa shape index (κ1) is 13.8. The highest BCUT2D eigenvalue weighted by atomic mass is 35.5. The van der Waals surface area contributed by atoms with Crippen LogP contribution in [0.25, 0.3) is 11.3 Å². The third kappa shape index (κ3) is 2.19. The molecule has 1 aliphatic carbocycles. The number of nitrogens with zero attached hydrogens (tertiary/aromatic N) is 2. The maximum Gasteiger partial charge on any atom is 0.131 e. The first-order chi connectivity index (χ1) is 9.59. The number of benzene rings is 1. The molecule has 1 heterocycles. The number of nitrogens with two attached hydrogens (primary N) is 1. The standard InChI is InChI=1S/C15H17Cl2N3/c1-20-14(18)13(10-7-4-8-11(16)12(10)17)19-15(20)9-5-2-3-6-9/h4,7-9H,2-3,5-6,18H2,1H3. The molecule has 3 rings (SSSR count). The molecule has 2 aromatic rings. The van der Waals surface area contributed by atoms with E-state index in [2.05, 4.69) is 0 Å². The lowest BCUT2D eigenvalue weighted by Gasteiger charge is -2.08. The molecule has 0 atom stereocenters. The van der Waals surface area contributed by atoms with Gasteiger partial charge in [0.1, 0.15) is 17.3 Å². The second kappa shape index (κ2) is 5.30. The van der Waals surface area contributed by atoms with Crippen LogP contribution in [-0.2, 0) is 7.05 Å². The van der Waals surface area contributed by atoms with Gasteiger partial charge in [-0.3, -0.25) is 0 Å². The summed E-state index contributed by atoms with van der Waals surface area (Å²) in [5.74, 6) is 2.22. The van der Waals surface area contributed by atoms with Gasteiger partial charge in [0.15, 0.2) is 0 Å². The van der Waals surface area contributed by atoms with Gasteiger partial charge in [-0.2, -0.15) is 0 Å². The SMILES string of the molecule is Cn1c(C2CCCC2)nc(-c2cccc(Cl)c2Cl)c1N. The van der Waals surface area contributed by atoms with E-state index in [1.807, 2.05) is 23.7 Å². The monoisotopic (exact) mass is 309 g/mol. The minimum atomic E-state index is 0.508. The van der Waals surface area contributed by atoms with Crippen molar-refractivity contribution in [2.45, 2.75) is 31.6 Å². The van der Waals surface area contributed by atoms with Gasteiger partial charge in [0.2, 0.25) is 0 Å². The maximum atomic E-state index is 6.28. The summed E-state index contributed by atoms with van der Waals surface area (Å²) in [5, 5.41) is 1.04. The average Bonchev–Trinajstić information content (AvgIpc) is 3.04. The van der Waals surface area contributed by atoms with Crippen molar-refractivity contribution in [3.8, 4) is 11.3 Å². The van der Waals surface area contributed by atoms with Crippen molar-refractivity contribution in [2.75, 3.05) is 5.73 Å². The zero-order valence-electron chi connectivity index (χ0n) is 11.4. The molecule has 20 heavy (non-hydrogen) atoms. The summed E-state index contributed by atoms with van der Waals surface area (Å²) in [6.07, 6.45) is 4.91. The minimum absolute atomic E-state index is 0.508. The molecule has 0 amide bonds. The Hall–Kier alpha value is -1.19. The number of aromatic nitrogens is 2. The van der Waals surface area contributed by atoms with Crippen LogP contribution in [0.15, 0.2) is 18.2 Å². The van der Waals surface area contributed by atoms with Crippen LogP contribution in [0.5, 0.6) is 0 Å². The van der Waals surface area contributed by atoms with E-state index in [9.17, 15) is 0 Å². The van der Waals surface area contributed by atoms with Gasteiger partial charge in [0.05, 0.1) is 10.0 Å². The Kier molecular flexibility index (Phi) is 3.65. The molecular formula is C15H17Cl2N3. The van der Waals surface area contributed by atoms with Gasteiger partial charge in [-0.05, 0) is 18.9 Å². The largest absolute Gasteiger partial charge is 0.383 e. The molecule has 2 N–H and O–H groups in total. The number of halogens is 2. The Morgan fingerprint density at radius 3 is 2.65 bits per heavy atom. The van der Waals surface area contributed by atoms with Gasteiger partial charge in [-0.1, -0.05) is 48.2 Å². The van der Waals surface area contributed by atoms with E-state index in [0.717, 1.165) is 17.1 Å². The molecule has 0 aliphatic heterocycles. The normalized spacial score (nSPS) is 15.9. The molecule has 1 aromatic heterocycles. The van der Waals surface area contributed by atoms with E-state index >= 15 is 0 Å². The van der Waals surface area contributed by atoms with Crippen molar-refractivity contribution in [1.29, 1.82) is 0 Å². The van der Waals surface area contributed by atoms with E-state index in [0.29, 0.717) is 21.8 Å². The smallest absolute Gasteiger partial charge is 0.131 e. The number of hydrogen-bond acceptors (Lipinski definition) is 2. The molecule has 1 fully saturated rings. The van der Waals surface area contributed by atoms with Gasteiger partial charge in [-0.15, -0.1) is 0 Å². The van der Waals surface area contributed by atoms with Gasteiger partial charge in [0, 0.05) is 18.5 Å². The van der Waals surface area contributed by atoms with Crippen molar-refractivity contribution in [3.05, 3.63) is 34.1 Å². The summed E-state index contributed by atoms with van der Waals surface area (Å²) in [4.78, 5) is 4.76. The van der Waals surface area contributed by atoms with Crippen LogP contribution in [-0.4, -0.2) is 9.55 Å². The third-order valence-electron chi connectivity index (χ3n) is 4.10. The fraction of sp³-hybridized carbons (Fsp3) is 0.400. The number of hydrogen-bond donors (Lipinski definition) is 1. The zero-order chi connectivity index (χ0) is 14.3. The molecule has 1 aliphatic rings. The predicted octanol–water partition coefficient (Wildman–Crippen LogP) is 4.63. The van der Waals surface area contributed by atoms with Crippen LogP contribution < -0.4 is 5.73 Å². The molecule has 0 spiro atoms. The van der Waals surface area contributed by atoms with E-state index in [1.165, 1.54) is 25.7 Å². The van der Waals surface area contributed by atoms with Crippen LogP contribution in [0, 0.1) is 0 Å². The lowest BCUT2D eigenvalue weighted by Crippen LogP contribution is -2.05. The molecule has 1 saturated carbocycles. The van der Waals surface area contributed by atoms with Crippen molar-refractivity contribution < 1.29 is 0 Å². The lowest BCUT2D eigenvalue weighted by molar-refractivity contribution is 0.635. The van der Waals surface area contributed by atoms with Gasteiger partial charge < -0.3 is 10.3 Å². The van der Waals surface area contributed by atoms with Crippen LogP contribution in [0.4, 0.5) is 5.82 Å². The topological polar surface area (TPSA) is 43.8 Å². The van der Waals surface area contributed by atoms with Crippen LogP contribution in [0.2, 0.25) is 10.0 Å². The third-order valence-corrected chi connectivity index (χ3v) is 4.92. The van der Waals surface area contributed by atoms with Crippen LogP contribution in [0.3, 0.4) is 0 Å². The van der Waals surface area contributed by atoms with Crippen molar-refractivity contribution in [1.82, 2.24) is 9.55 Å². The summed E-state index contributed by atoms with van der Waals surface area (Å²) in [6.45, 7) is 0. The summed E-state index contributed by atoms with van der Waals surface area (Å²) in [6, 6.07) is 5.54. The molecule has 5 heteroatoms. The molecule has 1 aromatic carbocycles. The summed E-state index contributed by atoms with van der Waals surface area (Å²) in [5.41, 5.74) is 7.76. The Balaban J connectivity index is 2.10. The Labute approximate surface area is 128 Å². The molecule has 0 unspecified atom stereocenters. The molecular weight excluding hydrogens is 293 g/mol. The first-order valence-electron chi connectivity index (χ1n) is 6.86. The Morgan fingerprint density at radius 1 is 1.25 bits per heavy atom.